The molecule has 1 aromatic heterocycles. The normalized spacial score (nSPS) is 11.1. The molecule has 0 bridgehead atoms. The molecule has 5 nitrogen and oxygen atoms in total. The van der Waals surface area contributed by atoms with Crippen LogP contribution in [0.15, 0.2) is 59.6 Å². The largest absolute Gasteiger partial charge is 0.477 e. The second kappa shape index (κ2) is 9.16. The van der Waals surface area contributed by atoms with E-state index in [1.807, 2.05) is 50.2 Å². The minimum Gasteiger partial charge on any atom is -0.477 e. The van der Waals surface area contributed by atoms with E-state index in [9.17, 15) is 19.4 Å². The number of carboxylic acid groups (broad SMARTS) is 1. The average Bonchev–Trinajstić information content (AvgIpc) is 3.06. The second-order valence-corrected chi connectivity index (χ2v) is 7.17. The van der Waals surface area contributed by atoms with E-state index in [2.05, 4.69) is 6.07 Å². The summed E-state index contributed by atoms with van der Waals surface area (Å²) < 4.78 is 13.4. The molecule has 6 heteroatoms. The van der Waals surface area contributed by atoms with Crippen LogP contribution in [-0.4, -0.2) is 26.1 Å². The van der Waals surface area contributed by atoms with E-state index < -0.39 is 16.8 Å². The van der Waals surface area contributed by atoms with Crippen LogP contribution in [0.5, 0.6) is 0 Å². The zero-order valence-electron chi connectivity index (χ0n) is 16.3. The fourth-order valence-electron chi connectivity index (χ4n) is 3.03. The summed E-state index contributed by atoms with van der Waals surface area (Å²) in [6, 6.07) is 16.8. The van der Waals surface area contributed by atoms with Crippen LogP contribution in [0.3, 0.4) is 0 Å². The van der Waals surface area contributed by atoms with Gasteiger partial charge in [-0.05, 0) is 22.8 Å². The van der Waals surface area contributed by atoms with Gasteiger partial charge in [-0.15, -0.1) is 0 Å². The van der Waals surface area contributed by atoms with Gasteiger partial charge in [0.15, 0.2) is 0 Å². The van der Waals surface area contributed by atoms with Crippen LogP contribution in [0.25, 0.3) is 22.3 Å². The van der Waals surface area contributed by atoms with E-state index in [0.717, 1.165) is 16.0 Å². The van der Waals surface area contributed by atoms with Crippen molar-refractivity contribution in [1.82, 2.24) is 4.57 Å². The first-order valence-corrected chi connectivity index (χ1v) is 10.4. The third-order valence-corrected chi connectivity index (χ3v) is 5.16. The molecule has 0 amide bonds. The zero-order chi connectivity index (χ0) is 20.8. The number of aromatic carboxylic acids is 1. The molecule has 0 aliphatic carbocycles. The predicted octanol–water partition coefficient (Wildman–Crippen LogP) is 4.69. The summed E-state index contributed by atoms with van der Waals surface area (Å²) in [4.78, 5) is 12.3. The summed E-state index contributed by atoms with van der Waals surface area (Å²) in [5.74, 6) is -1.08. The van der Waals surface area contributed by atoms with Crippen molar-refractivity contribution in [2.24, 2.45) is 7.05 Å². The molecule has 0 saturated heterocycles. The lowest BCUT2D eigenvalue weighted by Crippen LogP contribution is -2.05. The minimum absolute atomic E-state index is 0.0735. The molecule has 0 aliphatic heterocycles. The molecule has 0 saturated carbocycles. The van der Waals surface area contributed by atoms with E-state index >= 15 is 0 Å². The maximum absolute atomic E-state index is 11.9. The van der Waals surface area contributed by atoms with Gasteiger partial charge in [0.1, 0.15) is 11.8 Å². The molecular weight excluding hydrogens is 372 g/mol. The van der Waals surface area contributed by atoms with Crippen molar-refractivity contribution in [3.63, 3.8) is 0 Å². The van der Waals surface area contributed by atoms with E-state index in [1.54, 1.807) is 25.4 Å². The van der Waals surface area contributed by atoms with Crippen molar-refractivity contribution in [2.75, 3.05) is 6.26 Å². The van der Waals surface area contributed by atoms with E-state index in [0.29, 0.717) is 16.7 Å². The number of rotatable bonds is 4. The lowest BCUT2D eigenvalue weighted by Gasteiger charge is -2.09. The van der Waals surface area contributed by atoms with Crippen molar-refractivity contribution in [2.45, 2.75) is 18.7 Å². The topological polar surface area (TPSA) is 83.1 Å². The van der Waals surface area contributed by atoms with Gasteiger partial charge in [-0.2, -0.15) is 5.26 Å². The molecule has 3 aromatic rings. The number of nitrogens with zero attached hydrogens (tertiary/aromatic N) is 2. The van der Waals surface area contributed by atoms with Gasteiger partial charge in [0, 0.05) is 30.0 Å². The van der Waals surface area contributed by atoms with E-state index in [-0.39, 0.29) is 5.69 Å². The predicted molar refractivity (Wildman–Crippen MR) is 112 cm³/mol. The molecule has 3 rings (SSSR count). The van der Waals surface area contributed by atoms with Crippen LogP contribution < -0.4 is 0 Å². The Labute approximate surface area is 167 Å². The highest BCUT2D eigenvalue weighted by Gasteiger charge is 2.21. The lowest BCUT2D eigenvalue weighted by atomic mass is 9.98. The van der Waals surface area contributed by atoms with Crippen LogP contribution in [0.4, 0.5) is 0 Å². The van der Waals surface area contributed by atoms with Crippen molar-refractivity contribution in [3.05, 3.63) is 66.0 Å². The molecule has 0 aliphatic rings. The highest BCUT2D eigenvalue weighted by atomic mass is 32.2. The summed E-state index contributed by atoms with van der Waals surface area (Å²) in [6.07, 6.45) is 3.15. The molecule has 2 aromatic carbocycles. The third kappa shape index (κ3) is 4.05. The number of carboxylic acids is 1. The second-order valence-electron chi connectivity index (χ2n) is 5.82. The first-order chi connectivity index (χ1) is 13.4. The van der Waals surface area contributed by atoms with Crippen LogP contribution in [0, 0.1) is 11.3 Å². The highest BCUT2D eigenvalue weighted by Crippen LogP contribution is 2.32. The summed E-state index contributed by atoms with van der Waals surface area (Å²) in [6.45, 7) is 4.00. The Morgan fingerprint density at radius 1 is 1.07 bits per heavy atom. The van der Waals surface area contributed by atoms with Crippen molar-refractivity contribution >= 4 is 16.8 Å². The molecule has 0 radical (unpaired) electrons. The van der Waals surface area contributed by atoms with Crippen LogP contribution >= 0.6 is 0 Å². The molecule has 28 heavy (non-hydrogen) atoms. The molecule has 1 atom stereocenters. The smallest absolute Gasteiger partial charge is 0.353 e. The quantitative estimate of drug-likeness (QED) is 0.696. The number of aryl methyl sites for hydroxylation is 1. The Balaban J connectivity index is 0.00000136. The fourth-order valence-corrected chi connectivity index (χ4v) is 3.80. The molecule has 1 heterocycles. The van der Waals surface area contributed by atoms with Gasteiger partial charge in [-0.25, -0.2) is 4.79 Å². The van der Waals surface area contributed by atoms with Gasteiger partial charge < -0.3 is 9.67 Å². The van der Waals surface area contributed by atoms with Crippen LogP contribution in [-0.2, 0) is 17.8 Å². The summed E-state index contributed by atoms with van der Waals surface area (Å²) in [5, 5.41) is 18.8. The minimum atomic E-state index is -1.12. The Hall–Kier alpha value is -3.17. The number of nitriles is 1. The highest BCUT2D eigenvalue weighted by molar-refractivity contribution is 7.84. The third-order valence-electron chi connectivity index (χ3n) is 4.19. The Morgan fingerprint density at radius 2 is 1.64 bits per heavy atom. The maximum Gasteiger partial charge on any atom is 0.353 e. The monoisotopic (exact) mass is 394 g/mol. The first-order valence-electron chi connectivity index (χ1n) is 8.80. The first kappa shape index (κ1) is 21.1. The van der Waals surface area contributed by atoms with Crippen LogP contribution in [0.2, 0.25) is 0 Å². The molecule has 144 valence electrons. The number of hydrogen-bond acceptors (Lipinski definition) is 3. The standard InChI is InChI=1S/C20H16N2O3S.C2H6/c1-22-12-15(11-21)18(19(22)20(23)24)14-9-7-13(8-10-14)16-5-3-4-6-17(16)26(2)25;1-2/h3-10,12H,1-2H3,(H,23,24);1-2H3. The Morgan fingerprint density at radius 3 is 2.18 bits per heavy atom. The van der Waals surface area contributed by atoms with Gasteiger partial charge in [0.2, 0.25) is 0 Å². The van der Waals surface area contributed by atoms with Gasteiger partial charge in [-0.3, -0.25) is 4.21 Å². The van der Waals surface area contributed by atoms with Gasteiger partial charge in [-0.1, -0.05) is 56.3 Å². The Kier molecular flexibility index (Phi) is 6.91. The summed E-state index contributed by atoms with van der Waals surface area (Å²) in [7, 11) is 0.488. The van der Waals surface area contributed by atoms with Crippen LogP contribution in [0.1, 0.15) is 29.9 Å². The fraction of sp³-hybridized carbons (Fsp3) is 0.182. The lowest BCUT2D eigenvalue weighted by molar-refractivity contribution is 0.0687. The van der Waals surface area contributed by atoms with Gasteiger partial charge >= 0.3 is 5.97 Å². The van der Waals surface area contributed by atoms with Gasteiger partial charge in [0.25, 0.3) is 0 Å². The number of hydrogen-bond donors (Lipinski definition) is 1. The van der Waals surface area contributed by atoms with E-state index in [4.69, 9.17) is 0 Å². The molecule has 1 N–H and O–H groups in total. The molecule has 1 unspecified atom stereocenters. The molecular formula is C22H22N2O3S. The summed E-state index contributed by atoms with van der Waals surface area (Å²) in [5.41, 5.74) is 3.19. The maximum atomic E-state index is 11.9. The summed E-state index contributed by atoms with van der Waals surface area (Å²) >= 11 is 0. The van der Waals surface area contributed by atoms with Crippen molar-refractivity contribution in [1.29, 1.82) is 5.26 Å². The van der Waals surface area contributed by atoms with Crippen molar-refractivity contribution in [3.8, 4) is 28.3 Å². The SMILES string of the molecule is CC.Cn1cc(C#N)c(-c2ccc(-c3ccccc3S(C)=O)cc2)c1C(=O)O. The number of benzene rings is 2. The van der Waals surface area contributed by atoms with E-state index in [1.165, 1.54) is 10.8 Å². The average molecular weight is 394 g/mol. The van der Waals surface area contributed by atoms with Gasteiger partial charge in [0.05, 0.1) is 16.4 Å². The Bertz CT molecular complexity index is 1060. The van der Waals surface area contributed by atoms with Crippen molar-refractivity contribution < 1.29 is 14.1 Å². The number of carbonyl (C=O) groups is 1. The molecule has 0 spiro atoms. The molecule has 0 fully saturated rings. The number of aromatic nitrogens is 1. The zero-order valence-corrected chi connectivity index (χ0v) is 17.1.